The van der Waals surface area contributed by atoms with Crippen LogP contribution in [0.15, 0.2) is 18.2 Å². The molecule has 0 aromatic heterocycles. The molecule has 0 spiro atoms. The van der Waals surface area contributed by atoms with Crippen LogP contribution >= 0.6 is 0 Å². The third-order valence-electron chi connectivity index (χ3n) is 5.91. The molecule has 0 fully saturated rings. The Hall–Kier alpha value is -3.54. The third-order valence-corrected chi connectivity index (χ3v) is 5.91. The summed E-state index contributed by atoms with van der Waals surface area (Å²) >= 11 is 0. The first-order chi connectivity index (χ1) is 18.9. The van der Waals surface area contributed by atoms with Crippen LogP contribution in [0.1, 0.15) is 74.8 Å². The minimum absolute atomic E-state index is 0.0278. The minimum Gasteiger partial charge on any atom is -0.480 e. The lowest BCUT2D eigenvalue weighted by Crippen LogP contribution is -2.43. The molecule has 1 aromatic rings. The normalized spacial score (nSPS) is 14.4. The highest BCUT2D eigenvalue weighted by Gasteiger charge is 2.25. The summed E-state index contributed by atoms with van der Waals surface area (Å²) in [5.41, 5.74) is -0.284. The number of hydrogen-bond acceptors (Lipinski definition) is 11. The number of carbonyl (C=O) groups is 4. The number of nitrogens with one attached hydrogen (secondary N) is 1. The predicted octanol–water partition coefficient (Wildman–Crippen LogP) is 5.73. The zero-order valence-electron chi connectivity index (χ0n) is 25.6. The summed E-state index contributed by atoms with van der Waals surface area (Å²) in [6.45, 7) is 17.7. The zero-order chi connectivity index (χ0) is 31.5. The van der Waals surface area contributed by atoms with Gasteiger partial charge in [-0.15, -0.1) is 0 Å². The van der Waals surface area contributed by atoms with E-state index in [1.807, 2.05) is 27.7 Å². The number of ether oxygens (including phenoxy) is 6. The van der Waals surface area contributed by atoms with Crippen molar-refractivity contribution in [2.75, 3.05) is 6.54 Å². The molecule has 41 heavy (non-hydrogen) atoms. The maximum absolute atomic E-state index is 12.5. The smallest absolute Gasteiger partial charge is 0.480 e. The van der Waals surface area contributed by atoms with Gasteiger partial charge in [0.2, 0.25) is 0 Å². The van der Waals surface area contributed by atoms with Crippen LogP contribution in [0.3, 0.4) is 0 Å². The van der Waals surface area contributed by atoms with Crippen molar-refractivity contribution >= 4 is 24.4 Å². The molecular weight excluding hydrogens is 538 g/mol. The van der Waals surface area contributed by atoms with E-state index in [4.69, 9.17) is 28.4 Å². The zero-order valence-corrected chi connectivity index (χ0v) is 25.6. The van der Waals surface area contributed by atoms with Crippen molar-refractivity contribution in [2.45, 2.75) is 106 Å². The van der Waals surface area contributed by atoms with Gasteiger partial charge in [-0.05, 0) is 77.5 Å². The first-order valence-corrected chi connectivity index (χ1v) is 13.6. The molecule has 0 amide bonds. The molecule has 0 aliphatic rings. The Kier molecular flexibility index (Phi) is 13.9. The SMILES string of the molecule is CC(CN[C@@H](Cc1ccc(OC(=O)OC(C)C(C)C)c(OC(=O)OC(C)C(C)C)c1)C(=O)O)OC(=O)OC(C)(C)C. The van der Waals surface area contributed by atoms with E-state index < -0.39 is 54.4 Å². The highest BCUT2D eigenvalue weighted by atomic mass is 16.8. The molecule has 0 bridgehead atoms. The lowest BCUT2D eigenvalue weighted by Gasteiger charge is -2.22. The van der Waals surface area contributed by atoms with Gasteiger partial charge in [0.15, 0.2) is 11.5 Å². The van der Waals surface area contributed by atoms with Gasteiger partial charge >= 0.3 is 24.4 Å². The predicted molar refractivity (Wildman–Crippen MR) is 149 cm³/mol. The summed E-state index contributed by atoms with van der Waals surface area (Å²) in [7, 11) is 0. The van der Waals surface area contributed by atoms with E-state index in [-0.39, 0.29) is 36.3 Å². The number of benzene rings is 1. The number of rotatable bonds is 13. The van der Waals surface area contributed by atoms with Crippen LogP contribution in [0.2, 0.25) is 0 Å². The molecule has 0 radical (unpaired) electrons. The molecule has 4 atom stereocenters. The highest BCUT2D eigenvalue weighted by molar-refractivity contribution is 5.74. The molecule has 12 heteroatoms. The second kappa shape index (κ2) is 16.0. The van der Waals surface area contributed by atoms with E-state index in [2.05, 4.69) is 5.32 Å². The largest absolute Gasteiger partial charge is 0.514 e. The molecule has 2 N–H and O–H groups in total. The molecule has 1 rings (SSSR count). The standard InChI is InChI=1S/C29H45NO11/c1-16(2)19(6)37-26(33)39-23-12-11-21(14-24(23)40-27(34)38-20(7)17(3)4)13-22(25(31)32)30-15-18(5)36-28(35)41-29(8,9)10/h11-12,14,16-20,22,30H,13,15H2,1-10H3,(H,31,32)/t18?,19?,20?,22-/m0/s1. The van der Waals surface area contributed by atoms with Gasteiger partial charge in [0.25, 0.3) is 0 Å². The van der Waals surface area contributed by atoms with Crippen LogP contribution in [0, 0.1) is 11.8 Å². The van der Waals surface area contributed by atoms with Crippen LogP contribution in [-0.4, -0.2) is 66.0 Å². The lowest BCUT2D eigenvalue weighted by atomic mass is 10.0. The molecule has 0 aliphatic heterocycles. The number of carbonyl (C=O) groups excluding carboxylic acids is 3. The number of hydrogen-bond donors (Lipinski definition) is 2. The molecular formula is C29H45NO11. The van der Waals surface area contributed by atoms with E-state index in [1.54, 1.807) is 41.5 Å². The van der Waals surface area contributed by atoms with Gasteiger partial charge in [0, 0.05) is 6.54 Å². The Morgan fingerprint density at radius 2 is 1.29 bits per heavy atom. The number of carboxylic acids is 1. The average Bonchev–Trinajstić information content (AvgIpc) is 2.81. The van der Waals surface area contributed by atoms with Gasteiger partial charge < -0.3 is 38.8 Å². The summed E-state index contributed by atoms with van der Waals surface area (Å²) in [5.74, 6) is -1.34. The molecule has 1 aromatic carbocycles. The minimum atomic E-state index is -1.16. The van der Waals surface area contributed by atoms with Crippen molar-refractivity contribution in [3.63, 3.8) is 0 Å². The van der Waals surface area contributed by atoms with Gasteiger partial charge in [0.05, 0.1) is 0 Å². The average molecular weight is 584 g/mol. The Labute approximate surface area is 241 Å². The topological polar surface area (TPSA) is 156 Å². The van der Waals surface area contributed by atoms with Gasteiger partial charge in [-0.3, -0.25) is 4.79 Å². The van der Waals surface area contributed by atoms with E-state index >= 15 is 0 Å². The molecule has 0 saturated heterocycles. The first kappa shape index (κ1) is 35.5. The van der Waals surface area contributed by atoms with Gasteiger partial charge in [-0.25, -0.2) is 14.4 Å². The summed E-state index contributed by atoms with van der Waals surface area (Å²) in [6, 6.07) is 3.19. The van der Waals surface area contributed by atoms with Crippen molar-refractivity contribution in [3.8, 4) is 11.5 Å². The summed E-state index contributed by atoms with van der Waals surface area (Å²) < 4.78 is 31.4. The maximum atomic E-state index is 12.5. The highest BCUT2D eigenvalue weighted by Crippen LogP contribution is 2.30. The van der Waals surface area contributed by atoms with Crippen molar-refractivity contribution < 1.29 is 52.7 Å². The number of aliphatic carboxylic acids is 1. The van der Waals surface area contributed by atoms with E-state index in [0.29, 0.717) is 5.56 Å². The quantitative estimate of drug-likeness (QED) is 0.165. The van der Waals surface area contributed by atoms with Crippen LogP contribution in [0.5, 0.6) is 11.5 Å². The van der Waals surface area contributed by atoms with Gasteiger partial charge in [-0.2, -0.15) is 0 Å². The van der Waals surface area contributed by atoms with Crippen molar-refractivity contribution in [3.05, 3.63) is 23.8 Å². The van der Waals surface area contributed by atoms with Crippen LogP contribution in [0.4, 0.5) is 14.4 Å². The fraction of sp³-hybridized carbons (Fsp3) is 0.655. The maximum Gasteiger partial charge on any atom is 0.514 e. The molecule has 232 valence electrons. The summed E-state index contributed by atoms with van der Waals surface area (Å²) in [4.78, 5) is 48.6. The Bertz CT molecular complexity index is 1030. The second-order valence-electron chi connectivity index (χ2n) is 11.5. The van der Waals surface area contributed by atoms with E-state index in [9.17, 15) is 24.3 Å². The summed E-state index contributed by atoms with van der Waals surface area (Å²) in [5, 5.41) is 12.6. The fourth-order valence-electron chi connectivity index (χ4n) is 2.92. The Balaban J connectivity index is 3.07. The lowest BCUT2D eigenvalue weighted by molar-refractivity contribution is -0.139. The Morgan fingerprint density at radius 1 is 0.780 bits per heavy atom. The van der Waals surface area contributed by atoms with Crippen molar-refractivity contribution in [2.24, 2.45) is 11.8 Å². The van der Waals surface area contributed by atoms with E-state index in [0.717, 1.165) is 0 Å². The van der Waals surface area contributed by atoms with Crippen LogP contribution in [0.25, 0.3) is 0 Å². The van der Waals surface area contributed by atoms with Gasteiger partial charge in [0.1, 0.15) is 30.0 Å². The van der Waals surface area contributed by atoms with Gasteiger partial charge in [-0.1, -0.05) is 33.8 Å². The molecule has 0 saturated carbocycles. The summed E-state index contributed by atoms with van der Waals surface area (Å²) in [6.07, 6.45) is -4.47. The molecule has 12 nitrogen and oxygen atoms in total. The number of carboxylic acid groups (broad SMARTS) is 1. The molecule has 0 aliphatic carbocycles. The second-order valence-corrected chi connectivity index (χ2v) is 11.5. The fourth-order valence-corrected chi connectivity index (χ4v) is 2.92. The van der Waals surface area contributed by atoms with E-state index in [1.165, 1.54) is 18.2 Å². The van der Waals surface area contributed by atoms with Crippen LogP contribution in [-0.2, 0) is 30.2 Å². The van der Waals surface area contributed by atoms with Crippen LogP contribution < -0.4 is 14.8 Å². The first-order valence-electron chi connectivity index (χ1n) is 13.6. The van der Waals surface area contributed by atoms with Crippen molar-refractivity contribution in [1.82, 2.24) is 5.32 Å². The third kappa shape index (κ3) is 14.1. The molecule has 3 unspecified atom stereocenters. The Morgan fingerprint density at radius 3 is 1.76 bits per heavy atom. The van der Waals surface area contributed by atoms with Crippen molar-refractivity contribution in [1.29, 1.82) is 0 Å². The monoisotopic (exact) mass is 583 g/mol. The molecule has 0 heterocycles.